The van der Waals surface area contributed by atoms with Gasteiger partial charge in [0.1, 0.15) is 6.04 Å². The molecule has 0 aliphatic rings. The van der Waals surface area contributed by atoms with Gasteiger partial charge in [-0.3, -0.25) is 15.1 Å². The largest absolute Gasteiger partial charge is 1.00 e. The molecule has 0 spiro atoms. The van der Waals surface area contributed by atoms with Crippen LogP contribution in [0.5, 0.6) is 0 Å². The normalized spacial score (nSPS) is 12.0. The van der Waals surface area contributed by atoms with Crippen LogP contribution in [-0.4, -0.2) is 47.6 Å². The molecular formula is C10H16K2N4O6. The van der Waals surface area contributed by atoms with Crippen molar-refractivity contribution >= 4 is 23.9 Å². The van der Waals surface area contributed by atoms with Gasteiger partial charge in [-0.2, -0.15) is 0 Å². The van der Waals surface area contributed by atoms with Crippen LogP contribution in [0.4, 0.5) is 0 Å². The maximum atomic E-state index is 10.9. The smallest absolute Gasteiger partial charge is 0.550 e. The Kier molecular flexibility index (Phi) is 19.5. The molecule has 6 N–H and O–H groups in total. The minimum atomic E-state index is -1.72. The van der Waals surface area contributed by atoms with Crippen LogP contribution in [0.25, 0.3) is 0 Å². The predicted octanol–water partition coefficient (Wildman–Crippen LogP) is -10.7. The number of nitrogens with one attached hydrogen (secondary N) is 1. The molecule has 0 aromatic heterocycles. The van der Waals surface area contributed by atoms with Crippen molar-refractivity contribution in [1.82, 2.24) is 5.32 Å². The zero-order valence-electron chi connectivity index (χ0n) is 12.6. The number of carbonyl (C=O) groups excluding carboxylic acids is 2. The van der Waals surface area contributed by atoms with E-state index in [-0.39, 0.29) is 128 Å². The predicted molar refractivity (Wildman–Crippen MR) is 62.9 cm³/mol. The topological polar surface area (TPSA) is 194 Å². The van der Waals surface area contributed by atoms with Crippen molar-refractivity contribution in [3.63, 3.8) is 0 Å². The molecule has 114 valence electrons. The Hall–Kier alpha value is 0.913. The number of carbonyl (C=O) groups is 3. The molecule has 2 atom stereocenters. The molecule has 0 fully saturated rings. The molecule has 0 radical (unpaired) electrons. The molecule has 0 amide bonds. The average Bonchev–Trinajstić information content (AvgIpc) is 2.30. The number of aliphatic imine (C=N–C) groups is 1. The van der Waals surface area contributed by atoms with Gasteiger partial charge >= 0.3 is 109 Å². The molecule has 0 aromatic carbocycles. The minimum Gasteiger partial charge on any atom is -0.550 e. The minimum absolute atomic E-state index is 0. The molecule has 0 saturated carbocycles. The van der Waals surface area contributed by atoms with Crippen molar-refractivity contribution in [2.24, 2.45) is 16.5 Å². The van der Waals surface area contributed by atoms with Crippen molar-refractivity contribution in [1.29, 1.82) is 0 Å². The van der Waals surface area contributed by atoms with Gasteiger partial charge in [0.05, 0.1) is 12.0 Å². The Bertz CT molecular complexity index is 403. The zero-order valence-corrected chi connectivity index (χ0v) is 18.8. The van der Waals surface area contributed by atoms with Gasteiger partial charge in [-0.15, -0.1) is 0 Å². The first-order valence-corrected chi connectivity index (χ1v) is 5.69. The van der Waals surface area contributed by atoms with E-state index >= 15 is 0 Å². The summed E-state index contributed by atoms with van der Waals surface area (Å²) in [5, 5.41) is 32.2. The summed E-state index contributed by atoms with van der Waals surface area (Å²) in [5.41, 5.74) is 10.2. The molecule has 0 rings (SSSR count). The Morgan fingerprint density at radius 1 is 1.14 bits per heavy atom. The van der Waals surface area contributed by atoms with E-state index in [0.29, 0.717) is 0 Å². The van der Waals surface area contributed by atoms with Crippen LogP contribution in [0.3, 0.4) is 0 Å². The standard InChI is InChI=1S/C10H18N4O6.2K/c11-10(12)13-3-1-2-5(8(17)18)14-6(9(19)20)4-7(15)16;;/h5-6,14H,1-4H2,(H,15,16)(H,17,18)(H,19,20)(H4,11,12,13);;/q;2*+1/p-2/t5-,6?;;/m0../s1. The van der Waals surface area contributed by atoms with Crippen molar-refractivity contribution in [2.45, 2.75) is 31.3 Å². The second kappa shape index (κ2) is 15.4. The molecule has 0 aromatic rings. The third-order valence-electron chi connectivity index (χ3n) is 2.30. The van der Waals surface area contributed by atoms with Gasteiger partial charge < -0.3 is 36.4 Å². The summed E-state index contributed by atoms with van der Waals surface area (Å²) >= 11 is 0. The number of hydrogen-bond donors (Lipinski definition) is 4. The number of aliphatic carboxylic acids is 3. The monoisotopic (exact) mass is 366 g/mol. The molecule has 0 aliphatic carbocycles. The summed E-state index contributed by atoms with van der Waals surface area (Å²) < 4.78 is 0. The maximum Gasteiger partial charge on any atom is 1.00 e. The molecule has 0 aliphatic heterocycles. The molecule has 1 unspecified atom stereocenters. The first-order chi connectivity index (χ1) is 9.23. The summed E-state index contributed by atoms with van der Waals surface area (Å²) in [5.74, 6) is -4.81. The number of nitrogens with two attached hydrogens (primary N) is 2. The Morgan fingerprint density at radius 2 is 1.68 bits per heavy atom. The third-order valence-corrected chi connectivity index (χ3v) is 2.30. The van der Waals surface area contributed by atoms with E-state index in [0.717, 1.165) is 0 Å². The SMILES string of the molecule is NC(N)=NCCC[C@H](NC(CC(=O)[O-])C(=O)[O-])C(=O)O.[K+].[K+]. The van der Waals surface area contributed by atoms with Crippen LogP contribution in [0.1, 0.15) is 19.3 Å². The molecule has 0 heterocycles. The third kappa shape index (κ3) is 14.5. The molecule has 22 heavy (non-hydrogen) atoms. The number of rotatable bonds is 10. The second-order valence-electron chi connectivity index (χ2n) is 3.95. The van der Waals surface area contributed by atoms with Crippen LogP contribution in [0.2, 0.25) is 0 Å². The number of nitrogens with zero attached hydrogens (tertiary/aromatic N) is 1. The van der Waals surface area contributed by atoms with E-state index in [1.165, 1.54) is 0 Å². The first-order valence-electron chi connectivity index (χ1n) is 5.69. The Labute approximate surface area is 212 Å². The van der Waals surface area contributed by atoms with E-state index in [2.05, 4.69) is 10.3 Å². The molecule has 0 bridgehead atoms. The second-order valence-corrected chi connectivity index (χ2v) is 3.95. The summed E-state index contributed by atoms with van der Waals surface area (Å²) in [6.07, 6.45) is -0.601. The van der Waals surface area contributed by atoms with Crippen molar-refractivity contribution in [3.8, 4) is 0 Å². The molecular weight excluding hydrogens is 350 g/mol. The fourth-order valence-electron chi connectivity index (χ4n) is 1.40. The van der Waals surface area contributed by atoms with Crippen LogP contribution in [-0.2, 0) is 14.4 Å². The van der Waals surface area contributed by atoms with Gasteiger partial charge in [0.25, 0.3) is 0 Å². The van der Waals surface area contributed by atoms with Gasteiger partial charge in [0.2, 0.25) is 0 Å². The summed E-state index contributed by atoms with van der Waals surface area (Å²) in [6, 6.07) is -2.91. The number of guanidine groups is 1. The van der Waals surface area contributed by atoms with Crippen molar-refractivity contribution in [3.05, 3.63) is 0 Å². The quantitative estimate of drug-likeness (QED) is 0.126. The molecule has 0 saturated heterocycles. The molecule has 10 nitrogen and oxygen atoms in total. The van der Waals surface area contributed by atoms with Crippen LogP contribution < -0.4 is 130 Å². The average molecular weight is 366 g/mol. The van der Waals surface area contributed by atoms with E-state index in [4.69, 9.17) is 16.6 Å². The molecule has 12 heteroatoms. The van der Waals surface area contributed by atoms with Gasteiger partial charge in [-0.25, -0.2) is 0 Å². The van der Waals surface area contributed by atoms with Crippen LogP contribution in [0.15, 0.2) is 4.99 Å². The van der Waals surface area contributed by atoms with Gasteiger partial charge in [0.15, 0.2) is 5.96 Å². The van der Waals surface area contributed by atoms with Crippen LogP contribution >= 0.6 is 0 Å². The van der Waals surface area contributed by atoms with E-state index in [1.54, 1.807) is 0 Å². The van der Waals surface area contributed by atoms with Crippen LogP contribution in [0, 0.1) is 0 Å². The Balaban J connectivity index is -0.00000180. The maximum absolute atomic E-state index is 10.9. The fourth-order valence-corrected chi connectivity index (χ4v) is 1.40. The summed E-state index contributed by atoms with van der Waals surface area (Å²) in [7, 11) is 0. The van der Waals surface area contributed by atoms with Crippen molar-refractivity contribution in [2.75, 3.05) is 6.54 Å². The van der Waals surface area contributed by atoms with Gasteiger partial charge in [-0.05, 0) is 12.8 Å². The number of hydrogen-bond acceptors (Lipinski definition) is 7. The van der Waals surface area contributed by atoms with E-state index in [1.807, 2.05) is 0 Å². The summed E-state index contributed by atoms with van der Waals surface area (Å²) in [6.45, 7) is 0.171. The van der Waals surface area contributed by atoms with Gasteiger partial charge in [-0.1, -0.05) is 0 Å². The number of carboxylic acids is 3. The van der Waals surface area contributed by atoms with E-state index < -0.39 is 36.4 Å². The Morgan fingerprint density at radius 3 is 2.05 bits per heavy atom. The van der Waals surface area contributed by atoms with Crippen molar-refractivity contribution < 1.29 is 132 Å². The van der Waals surface area contributed by atoms with E-state index in [9.17, 15) is 24.6 Å². The van der Waals surface area contributed by atoms with Gasteiger partial charge in [0, 0.05) is 18.9 Å². The number of carboxylic acid groups (broad SMARTS) is 3. The fraction of sp³-hybridized carbons (Fsp3) is 0.600. The summed E-state index contributed by atoms with van der Waals surface area (Å²) in [4.78, 5) is 35.7. The first kappa shape index (κ1) is 27.7. The zero-order chi connectivity index (χ0) is 15.7.